The van der Waals surface area contributed by atoms with Gasteiger partial charge in [-0.15, -0.1) is 0 Å². The summed E-state index contributed by atoms with van der Waals surface area (Å²) < 4.78 is 1.96. The lowest BCUT2D eigenvalue weighted by Gasteiger charge is -1.92. The number of hydrogen-bond donors (Lipinski definition) is 2. The van der Waals surface area contributed by atoms with Crippen molar-refractivity contribution in [3.8, 4) is 0 Å². The SMILES string of the molecule is CNCc1cn2ccc(N)cc2n1. The molecule has 0 unspecified atom stereocenters. The smallest absolute Gasteiger partial charge is 0.139 e. The molecule has 0 aliphatic heterocycles. The van der Waals surface area contributed by atoms with Gasteiger partial charge in [-0.1, -0.05) is 0 Å². The van der Waals surface area contributed by atoms with E-state index >= 15 is 0 Å². The molecule has 2 rings (SSSR count). The maximum atomic E-state index is 5.64. The van der Waals surface area contributed by atoms with E-state index in [2.05, 4.69) is 10.3 Å². The Morgan fingerprint density at radius 3 is 3.23 bits per heavy atom. The van der Waals surface area contributed by atoms with E-state index in [0.29, 0.717) is 0 Å². The number of pyridine rings is 1. The third kappa shape index (κ3) is 1.48. The van der Waals surface area contributed by atoms with E-state index in [-0.39, 0.29) is 0 Å². The van der Waals surface area contributed by atoms with Crippen LogP contribution in [0.15, 0.2) is 24.5 Å². The molecule has 0 aliphatic rings. The molecular weight excluding hydrogens is 164 g/mol. The van der Waals surface area contributed by atoms with Gasteiger partial charge in [0.05, 0.1) is 5.69 Å². The Labute approximate surface area is 76.4 Å². The standard InChI is InChI=1S/C9H12N4/c1-11-5-8-6-13-3-2-7(10)4-9(13)12-8/h2-4,6,11H,5,10H2,1H3. The number of imidazole rings is 1. The van der Waals surface area contributed by atoms with Gasteiger partial charge in [0.25, 0.3) is 0 Å². The van der Waals surface area contributed by atoms with E-state index in [4.69, 9.17) is 5.73 Å². The third-order valence-corrected chi connectivity index (χ3v) is 1.89. The Morgan fingerprint density at radius 2 is 2.46 bits per heavy atom. The van der Waals surface area contributed by atoms with E-state index < -0.39 is 0 Å². The topological polar surface area (TPSA) is 55.3 Å². The summed E-state index contributed by atoms with van der Waals surface area (Å²) >= 11 is 0. The fourth-order valence-electron chi connectivity index (χ4n) is 1.32. The summed E-state index contributed by atoms with van der Waals surface area (Å²) in [5.41, 5.74) is 8.30. The van der Waals surface area contributed by atoms with E-state index in [1.807, 2.05) is 36.0 Å². The maximum absolute atomic E-state index is 5.64. The Morgan fingerprint density at radius 1 is 1.62 bits per heavy atom. The molecule has 68 valence electrons. The molecule has 13 heavy (non-hydrogen) atoms. The molecule has 0 radical (unpaired) electrons. The highest BCUT2D eigenvalue weighted by atomic mass is 15.0. The summed E-state index contributed by atoms with van der Waals surface area (Å²) in [5, 5.41) is 3.05. The van der Waals surface area contributed by atoms with Gasteiger partial charge < -0.3 is 15.5 Å². The number of nitrogens with one attached hydrogen (secondary N) is 1. The molecule has 0 bridgehead atoms. The first-order valence-electron chi connectivity index (χ1n) is 4.17. The van der Waals surface area contributed by atoms with E-state index in [9.17, 15) is 0 Å². The van der Waals surface area contributed by atoms with Gasteiger partial charge in [-0.2, -0.15) is 0 Å². The zero-order chi connectivity index (χ0) is 9.26. The number of hydrogen-bond acceptors (Lipinski definition) is 3. The van der Waals surface area contributed by atoms with Crippen LogP contribution in [-0.4, -0.2) is 16.4 Å². The fourth-order valence-corrected chi connectivity index (χ4v) is 1.32. The summed E-state index contributed by atoms with van der Waals surface area (Å²) in [6, 6.07) is 3.72. The molecule has 0 amide bonds. The lowest BCUT2D eigenvalue weighted by Crippen LogP contribution is -2.04. The Bertz CT molecular complexity index is 418. The Hall–Kier alpha value is -1.55. The molecular formula is C9H12N4. The predicted molar refractivity (Wildman–Crippen MR) is 52.4 cm³/mol. The van der Waals surface area contributed by atoms with Crippen LogP contribution in [0.25, 0.3) is 5.65 Å². The Kier molecular flexibility index (Phi) is 1.90. The monoisotopic (exact) mass is 176 g/mol. The fraction of sp³-hybridized carbons (Fsp3) is 0.222. The molecule has 4 nitrogen and oxygen atoms in total. The number of rotatable bonds is 2. The first-order chi connectivity index (χ1) is 6.29. The van der Waals surface area contributed by atoms with Crippen LogP contribution in [0.4, 0.5) is 5.69 Å². The van der Waals surface area contributed by atoms with E-state index in [1.54, 1.807) is 0 Å². The maximum Gasteiger partial charge on any atom is 0.139 e. The van der Waals surface area contributed by atoms with Crippen molar-refractivity contribution in [3.05, 3.63) is 30.2 Å². The first kappa shape index (κ1) is 8.07. The minimum Gasteiger partial charge on any atom is -0.399 e. The second-order valence-corrected chi connectivity index (χ2v) is 2.99. The van der Waals surface area contributed by atoms with Crippen molar-refractivity contribution in [2.75, 3.05) is 12.8 Å². The van der Waals surface area contributed by atoms with E-state index in [0.717, 1.165) is 23.6 Å². The zero-order valence-corrected chi connectivity index (χ0v) is 7.49. The summed E-state index contributed by atoms with van der Waals surface area (Å²) in [5.74, 6) is 0. The highest BCUT2D eigenvalue weighted by Gasteiger charge is 1.99. The molecule has 0 spiro atoms. The largest absolute Gasteiger partial charge is 0.399 e. The lowest BCUT2D eigenvalue weighted by molar-refractivity contribution is 0.798. The average Bonchev–Trinajstić information content (AvgIpc) is 2.46. The van der Waals surface area contributed by atoms with Crippen molar-refractivity contribution < 1.29 is 0 Å². The van der Waals surface area contributed by atoms with Crippen molar-refractivity contribution in [3.63, 3.8) is 0 Å². The summed E-state index contributed by atoms with van der Waals surface area (Å²) in [6.45, 7) is 0.779. The van der Waals surface area contributed by atoms with E-state index in [1.165, 1.54) is 0 Å². The van der Waals surface area contributed by atoms with Gasteiger partial charge in [-0.25, -0.2) is 4.98 Å². The second-order valence-electron chi connectivity index (χ2n) is 2.99. The number of nitrogens with zero attached hydrogens (tertiary/aromatic N) is 2. The number of fused-ring (bicyclic) bond motifs is 1. The zero-order valence-electron chi connectivity index (χ0n) is 7.49. The normalized spacial score (nSPS) is 10.8. The van der Waals surface area contributed by atoms with Crippen LogP contribution in [0.2, 0.25) is 0 Å². The van der Waals surface area contributed by atoms with Gasteiger partial charge in [0, 0.05) is 30.7 Å². The Balaban J connectivity index is 2.49. The molecule has 4 heteroatoms. The molecule has 0 aromatic carbocycles. The van der Waals surface area contributed by atoms with Crippen molar-refractivity contribution in [2.24, 2.45) is 0 Å². The number of nitrogen functional groups attached to an aromatic ring is 1. The van der Waals surface area contributed by atoms with Crippen LogP contribution < -0.4 is 11.1 Å². The first-order valence-corrected chi connectivity index (χ1v) is 4.17. The van der Waals surface area contributed by atoms with Crippen molar-refractivity contribution in [1.29, 1.82) is 0 Å². The minimum absolute atomic E-state index is 0.745. The lowest BCUT2D eigenvalue weighted by atomic mass is 10.4. The van der Waals surface area contributed by atoms with Gasteiger partial charge in [-0.3, -0.25) is 0 Å². The van der Waals surface area contributed by atoms with Crippen LogP contribution in [-0.2, 0) is 6.54 Å². The van der Waals surface area contributed by atoms with Gasteiger partial charge in [0.15, 0.2) is 0 Å². The molecule has 3 N–H and O–H groups in total. The van der Waals surface area contributed by atoms with Crippen LogP contribution in [0, 0.1) is 0 Å². The summed E-state index contributed by atoms with van der Waals surface area (Å²) in [4.78, 5) is 4.38. The molecule has 0 saturated carbocycles. The number of nitrogens with two attached hydrogens (primary N) is 1. The minimum atomic E-state index is 0.745. The van der Waals surface area contributed by atoms with Crippen LogP contribution >= 0.6 is 0 Å². The third-order valence-electron chi connectivity index (χ3n) is 1.89. The van der Waals surface area contributed by atoms with Gasteiger partial charge in [0.1, 0.15) is 5.65 Å². The molecule has 0 saturated heterocycles. The van der Waals surface area contributed by atoms with Crippen molar-refractivity contribution in [1.82, 2.24) is 14.7 Å². The predicted octanol–water partition coefficient (Wildman–Crippen LogP) is 0.636. The number of aromatic nitrogens is 2. The van der Waals surface area contributed by atoms with Gasteiger partial charge in [0.2, 0.25) is 0 Å². The highest BCUT2D eigenvalue weighted by molar-refractivity contribution is 5.52. The van der Waals surface area contributed by atoms with Crippen LogP contribution in [0.5, 0.6) is 0 Å². The van der Waals surface area contributed by atoms with Crippen LogP contribution in [0.1, 0.15) is 5.69 Å². The molecule has 2 aromatic heterocycles. The average molecular weight is 176 g/mol. The number of anilines is 1. The summed E-state index contributed by atoms with van der Waals surface area (Å²) in [7, 11) is 1.90. The molecule has 2 aromatic rings. The molecule has 2 heterocycles. The highest BCUT2D eigenvalue weighted by Crippen LogP contribution is 2.08. The molecule has 0 atom stereocenters. The van der Waals surface area contributed by atoms with Crippen molar-refractivity contribution in [2.45, 2.75) is 6.54 Å². The van der Waals surface area contributed by atoms with Crippen LogP contribution in [0.3, 0.4) is 0 Å². The quantitative estimate of drug-likeness (QED) is 0.706. The van der Waals surface area contributed by atoms with Gasteiger partial charge in [-0.05, 0) is 13.1 Å². The van der Waals surface area contributed by atoms with Crippen molar-refractivity contribution >= 4 is 11.3 Å². The summed E-state index contributed by atoms with van der Waals surface area (Å²) in [6.07, 6.45) is 3.90. The second kappa shape index (κ2) is 3.06. The van der Waals surface area contributed by atoms with Gasteiger partial charge >= 0.3 is 0 Å². The molecule has 0 fully saturated rings. The molecule has 0 aliphatic carbocycles.